The van der Waals surface area contributed by atoms with Gasteiger partial charge in [-0.05, 0) is 318 Å². The Bertz CT molecular complexity index is 4650. The van der Waals surface area contributed by atoms with E-state index in [-0.39, 0.29) is 0 Å². The van der Waals surface area contributed by atoms with Crippen LogP contribution in [0.2, 0.25) is 0 Å². The van der Waals surface area contributed by atoms with Crippen LogP contribution < -0.4 is 18.9 Å². The van der Waals surface area contributed by atoms with Crippen LogP contribution in [0.4, 0.5) is 0 Å². The third-order valence-electron chi connectivity index (χ3n) is 20.1. The van der Waals surface area contributed by atoms with E-state index in [4.69, 9.17) is 18.9 Å². The van der Waals surface area contributed by atoms with Crippen molar-refractivity contribution in [3.63, 3.8) is 0 Å². The van der Waals surface area contributed by atoms with Gasteiger partial charge in [-0.2, -0.15) is 0 Å². The molecular weight excluding hydrogens is 1070 g/mol. The quantitative estimate of drug-likeness (QED) is 0.0459. The van der Waals surface area contributed by atoms with Gasteiger partial charge in [0.15, 0.2) is 0 Å². The molecule has 442 valence electrons. The largest absolute Gasteiger partial charge is 0.494 e. The van der Waals surface area contributed by atoms with Gasteiger partial charge in [-0.1, -0.05) is 126 Å². The second kappa shape index (κ2) is 22.8. The minimum Gasteiger partial charge on any atom is -0.494 e. The molecule has 0 saturated heterocycles. The number of rotatable bonds is 19. The van der Waals surface area contributed by atoms with E-state index in [0.29, 0.717) is 13.2 Å². The van der Waals surface area contributed by atoms with Crippen molar-refractivity contribution >= 4 is 71.1 Å². The molecule has 3 aliphatic rings. The van der Waals surface area contributed by atoms with Crippen molar-refractivity contribution in [3.8, 4) is 56.4 Å². The van der Waals surface area contributed by atoms with E-state index in [1.54, 1.807) is 0 Å². The van der Waals surface area contributed by atoms with Crippen molar-refractivity contribution in [2.24, 2.45) is 0 Å². The molecule has 0 bridgehead atoms. The second-order valence-electron chi connectivity index (χ2n) is 25.8. The molecule has 11 aromatic rings. The van der Waals surface area contributed by atoms with Crippen molar-refractivity contribution in [1.29, 1.82) is 0 Å². The third kappa shape index (κ3) is 9.13. The zero-order valence-electron chi connectivity index (χ0n) is 53.3. The van der Waals surface area contributed by atoms with E-state index < -0.39 is 10.8 Å². The molecule has 14 rings (SSSR count). The monoisotopic (exact) mass is 1150 g/mol. The Hall–Kier alpha value is -8.60. The fourth-order valence-corrected chi connectivity index (χ4v) is 15.6. The summed E-state index contributed by atoms with van der Waals surface area (Å²) in [4.78, 5) is 0. The average molecular weight is 1160 g/mol. The molecule has 0 amide bonds. The number of benzene rings is 11. The van der Waals surface area contributed by atoms with E-state index >= 15 is 0 Å². The van der Waals surface area contributed by atoms with Crippen LogP contribution in [-0.4, -0.2) is 26.4 Å². The highest BCUT2D eigenvalue weighted by Crippen LogP contribution is 2.70. The first-order valence-electron chi connectivity index (χ1n) is 32.8. The summed E-state index contributed by atoms with van der Waals surface area (Å²) >= 11 is 0. The summed E-state index contributed by atoms with van der Waals surface area (Å²) < 4.78 is 25.6. The Kier molecular flexibility index (Phi) is 14.8. The van der Waals surface area contributed by atoms with Gasteiger partial charge in [-0.25, -0.2) is 0 Å². The predicted molar refractivity (Wildman–Crippen MR) is 373 cm³/mol. The Labute approximate surface area is 520 Å². The minimum absolute atomic E-state index is 0.621. The van der Waals surface area contributed by atoms with Gasteiger partial charge in [0, 0.05) is 5.41 Å². The first-order valence-corrected chi connectivity index (χ1v) is 32.8. The molecule has 0 fully saturated rings. The van der Waals surface area contributed by atoms with Crippen molar-refractivity contribution in [2.45, 2.75) is 131 Å². The van der Waals surface area contributed by atoms with Gasteiger partial charge in [0.25, 0.3) is 0 Å². The van der Waals surface area contributed by atoms with Crippen LogP contribution in [0.5, 0.6) is 23.0 Å². The van der Waals surface area contributed by atoms with Gasteiger partial charge < -0.3 is 18.9 Å². The maximum Gasteiger partial charge on any atom is 0.119 e. The molecule has 4 nitrogen and oxygen atoms in total. The van der Waals surface area contributed by atoms with Crippen LogP contribution in [-0.2, 0) is 10.8 Å². The van der Waals surface area contributed by atoms with Crippen molar-refractivity contribution in [1.82, 2.24) is 0 Å². The van der Waals surface area contributed by atoms with Crippen LogP contribution >= 0.6 is 0 Å². The van der Waals surface area contributed by atoms with Gasteiger partial charge in [0.05, 0.1) is 31.8 Å². The molecule has 0 aromatic heterocycles. The standard InChI is InChI=1S/C84H82O4/c1-11-15-37-85-63-29-23-56(24-30-63)68-41-59-43-72-60(42-70(59)79-53(7)21-19-51(5)77(68)79)45-73-67-36-35-66(88-40-18-14-4)49-76(67)83(10)82(73)81(72)55(9)50-84(83)74(58-27-33-65(34-28-58)87-39-17-13-3)48-62-46-71-61(47-75(62)84)44-69(78-52(6)20-22-54(8)80(71)78)57-25-31-64(32-26-57)86-38-16-12-2/h19-36,41-50H,11-18,37-40H2,1-10H3. The number of unbranched alkanes of at least 4 members (excludes halogenated alkanes) is 4. The number of hydrogen-bond acceptors (Lipinski definition) is 4. The Morgan fingerprint density at radius 3 is 1.30 bits per heavy atom. The second-order valence-corrected chi connectivity index (χ2v) is 25.8. The lowest BCUT2D eigenvalue weighted by atomic mass is 9.50. The minimum atomic E-state index is -0.677. The van der Waals surface area contributed by atoms with E-state index in [0.717, 1.165) is 87.6 Å². The van der Waals surface area contributed by atoms with Gasteiger partial charge in [-0.15, -0.1) is 0 Å². The molecule has 4 heteroatoms. The highest BCUT2D eigenvalue weighted by Gasteiger charge is 2.62. The van der Waals surface area contributed by atoms with Crippen LogP contribution in [0.1, 0.15) is 149 Å². The fraction of sp³-hybridized carbons (Fsp3) is 0.286. The molecule has 0 aliphatic heterocycles. The summed E-state index contributed by atoms with van der Waals surface area (Å²) in [7, 11) is 0. The molecule has 0 saturated carbocycles. The third-order valence-corrected chi connectivity index (χ3v) is 20.1. The molecule has 0 heterocycles. The van der Waals surface area contributed by atoms with Crippen LogP contribution in [0.25, 0.3) is 104 Å². The normalized spacial score (nSPS) is 16.4. The molecule has 88 heavy (non-hydrogen) atoms. The summed E-state index contributed by atoms with van der Waals surface area (Å²) in [6, 6.07) is 60.7. The first kappa shape index (κ1) is 57.2. The molecule has 1 spiro atoms. The SMILES string of the molecule is CCCCOc1ccc(C2=Cc3cc4c(cc3C23C=C(C)c2c5c(cc6cc7c(cc(-c8ccc(OCCCC)cc8)c8c(C)ccc(C)c87)cc26)-c2ccc(OCCCC)cc2C53C)cc(-c2ccc(OCCCC)cc2)c2c(C)ccc(C)c24)cc1. The summed E-state index contributed by atoms with van der Waals surface area (Å²) in [5.41, 5.74) is 21.6. The first-order chi connectivity index (χ1) is 42.9. The molecular formula is C84H82O4. The molecule has 2 unspecified atom stereocenters. The summed E-state index contributed by atoms with van der Waals surface area (Å²) in [6.45, 7) is 25.8. The van der Waals surface area contributed by atoms with Crippen LogP contribution in [0, 0.1) is 27.7 Å². The zero-order chi connectivity index (χ0) is 60.6. The summed E-state index contributed by atoms with van der Waals surface area (Å²) in [5, 5.41) is 12.8. The predicted octanol–water partition coefficient (Wildman–Crippen LogP) is 22.9. The Balaban J connectivity index is 1.05. The van der Waals surface area contributed by atoms with Gasteiger partial charge in [0.1, 0.15) is 23.0 Å². The lowest BCUT2D eigenvalue weighted by molar-refractivity contribution is 0.308. The van der Waals surface area contributed by atoms with Crippen LogP contribution in [0.3, 0.4) is 0 Å². The lowest BCUT2D eigenvalue weighted by Gasteiger charge is -2.51. The average Bonchev–Trinajstić information content (AvgIpc) is 1.46. The highest BCUT2D eigenvalue weighted by molar-refractivity contribution is 6.22. The number of fused-ring (bicyclic) bond motifs is 14. The van der Waals surface area contributed by atoms with Crippen molar-refractivity contribution in [2.75, 3.05) is 26.4 Å². The Morgan fingerprint density at radius 1 is 0.364 bits per heavy atom. The summed E-state index contributed by atoms with van der Waals surface area (Å²) in [5.74, 6) is 3.65. The molecule has 0 radical (unpaired) electrons. The van der Waals surface area contributed by atoms with E-state index in [1.165, 1.54) is 154 Å². The maximum absolute atomic E-state index is 6.78. The number of ether oxygens (including phenoxy) is 4. The van der Waals surface area contributed by atoms with Crippen LogP contribution in [0.15, 0.2) is 164 Å². The van der Waals surface area contributed by atoms with E-state index in [1.807, 2.05) is 0 Å². The van der Waals surface area contributed by atoms with Crippen molar-refractivity contribution < 1.29 is 18.9 Å². The molecule has 3 aliphatic carbocycles. The number of allylic oxidation sites excluding steroid dienone is 3. The summed E-state index contributed by atoms with van der Waals surface area (Å²) in [6.07, 6.45) is 13.7. The van der Waals surface area contributed by atoms with Gasteiger partial charge >= 0.3 is 0 Å². The topological polar surface area (TPSA) is 36.9 Å². The van der Waals surface area contributed by atoms with E-state index in [9.17, 15) is 0 Å². The number of hydrogen-bond donors (Lipinski definition) is 0. The zero-order valence-corrected chi connectivity index (χ0v) is 53.3. The van der Waals surface area contributed by atoms with Crippen molar-refractivity contribution in [3.05, 3.63) is 219 Å². The van der Waals surface area contributed by atoms with E-state index in [2.05, 4.69) is 239 Å². The lowest BCUT2D eigenvalue weighted by Crippen LogP contribution is -2.48. The maximum atomic E-state index is 6.78. The van der Waals surface area contributed by atoms with Gasteiger partial charge in [-0.3, -0.25) is 0 Å². The highest BCUT2D eigenvalue weighted by atomic mass is 16.5. The molecule has 0 N–H and O–H groups in total. The smallest absolute Gasteiger partial charge is 0.119 e. The van der Waals surface area contributed by atoms with Gasteiger partial charge in [0.2, 0.25) is 0 Å². The Morgan fingerprint density at radius 2 is 0.784 bits per heavy atom. The molecule has 2 atom stereocenters. The molecule has 11 aromatic carbocycles. The fourth-order valence-electron chi connectivity index (χ4n) is 15.6. The number of aryl methyl sites for hydroxylation is 4.